The summed E-state index contributed by atoms with van der Waals surface area (Å²) in [5, 5.41) is 0. The fourth-order valence-corrected chi connectivity index (χ4v) is 4.37. The molecule has 2 saturated carbocycles. The van der Waals surface area contributed by atoms with E-state index in [9.17, 15) is 0 Å². The minimum Gasteiger partial charge on any atom is -0.372 e. The fourth-order valence-electron chi connectivity index (χ4n) is 4.37. The highest BCUT2D eigenvalue weighted by atomic mass is 16.5. The summed E-state index contributed by atoms with van der Waals surface area (Å²) < 4.78 is 6.00. The molecule has 4 bridgehead atoms. The van der Waals surface area contributed by atoms with Crippen LogP contribution in [0.5, 0.6) is 0 Å². The molecule has 3 rings (SSSR count). The van der Waals surface area contributed by atoms with Crippen LogP contribution in [0.25, 0.3) is 0 Å². The molecule has 1 aliphatic heterocycles. The van der Waals surface area contributed by atoms with Crippen molar-refractivity contribution in [1.29, 1.82) is 0 Å². The van der Waals surface area contributed by atoms with Crippen molar-refractivity contribution in [2.75, 3.05) is 13.2 Å². The summed E-state index contributed by atoms with van der Waals surface area (Å²) in [5.74, 6) is 0.884. The van der Waals surface area contributed by atoms with Gasteiger partial charge in [-0.05, 0) is 25.2 Å². The predicted molar refractivity (Wildman–Crippen MR) is 51.3 cm³/mol. The standard InChI is InChI=1S/C11H19NO/c1-9-7-13-11(6-12)5-8(9)3-4-10(9,11)2/h8H,3-7,12H2,1-2H3/t8-,9?,10-,11?/m1/s1. The molecule has 13 heavy (non-hydrogen) atoms. The lowest BCUT2D eigenvalue weighted by atomic mass is 9.66. The molecule has 74 valence electrons. The lowest BCUT2D eigenvalue weighted by molar-refractivity contribution is -0.0762. The maximum absolute atomic E-state index is 6.00. The molecule has 2 nitrogen and oxygen atoms in total. The molecule has 0 spiro atoms. The van der Waals surface area contributed by atoms with Crippen LogP contribution in [0.4, 0.5) is 0 Å². The highest BCUT2D eigenvalue weighted by Gasteiger charge is 2.75. The van der Waals surface area contributed by atoms with Crippen molar-refractivity contribution >= 4 is 0 Å². The largest absolute Gasteiger partial charge is 0.372 e. The second kappa shape index (κ2) is 1.96. The highest BCUT2D eigenvalue weighted by molar-refractivity contribution is 5.24. The highest BCUT2D eigenvalue weighted by Crippen LogP contribution is 2.74. The monoisotopic (exact) mass is 181 g/mol. The average Bonchev–Trinajstić information content (AvgIpc) is 2.58. The van der Waals surface area contributed by atoms with Gasteiger partial charge < -0.3 is 10.5 Å². The van der Waals surface area contributed by atoms with E-state index in [0.29, 0.717) is 10.8 Å². The minimum absolute atomic E-state index is 0.0463. The molecule has 1 saturated heterocycles. The van der Waals surface area contributed by atoms with Gasteiger partial charge in [0.05, 0.1) is 12.2 Å². The Morgan fingerprint density at radius 3 is 2.69 bits per heavy atom. The van der Waals surface area contributed by atoms with E-state index in [4.69, 9.17) is 10.5 Å². The molecule has 0 radical (unpaired) electrons. The van der Waals surface area contributed by atoms with Gasteiger partial charge in [0.2, 0.25) is 0 Å². The van der Waals surface area contributed by atoms with Crippen LogP contribution in [0, 0.1) is 16.7 Å². The normalized spacial score (nSPS) is 63.5. The molecule has 0 aromatic heterocycles. The molecular weight excluding hydrogens is 162 g/mol. The zero-order chi connectivity index (χ0) is 9.32. The van der Waals surface area contributed by atoms with Gasteiger partial charge in [-0.2, -0.15) is 0 Å². The molecule has 2 unspecified atom stereocenters. The van der Waals surface area contributed by atoms with Gasteiger partial charge in [0.1, 0.15) is 0 Å². The quantitative estimate of drug-likeness (QED) is 0.666. The smallest absolute Gasteiger partial charge is 0.0866 e. The molecule has 3 aliphatic rings. The maximum atomic E-state index is 6.00. The SMILES string of the molecule is CC12COC3(CN)C[C@H]1CC[C@@]32C. The fraction of sp³-hybridized carbons (Fsp3) is 1.00. The van der Waals surface area contributed by atoms with Crippen LogP contribution >= 0.6 is 0 Å². The van der Waals surface area contributed by atoms with E-state index >= 15 is 0 Å². The Morgan fingerprint density at radius 2 is 2.23 bits per heavy atom. The van der Waals surface area contributed by atoms with Gasteiger partial charge in [0.25, 0.3) is 0 Å². The summed E-state index contributed by atoms with van der Waals surface area (Å²) in [5.41, 5.74) is 6.77. The van der Waals surface area contributed by atoms with Gasteiger partial charge in [-0.1, -0.05) is 13.8 Å². The van der Waals surface area contributed by atoms with Crippen LogP contribution < -0.4 is 5.73 Å². The van der Waals surface area contributed by atoms with E-state index in [2.05, 4.69) is 13.8 Å². The Labute approximate surface area is 79.8 Å². The van der Waals surface area contributed by atoms with Crippen molar-refractivity contribution in [3.63, 3.8) is 0 Å². The van der Waals surface area contributed by atoms with Gasteiger partial charge in [0, 0.05) is 17.4 Å². The molecule has 0 amide bonds. The van der Waals surface area contributed by atoms with Crippen molar-refractivity contribution < 1.29 is 4.74 Å². The van der Waals surface area contributed by atoms with Gasteiger partial charge in [-0.25, -0.2) is 0 Å². The number of hydrogen-bond acceptors (Lipinski definition) is 2. The van der Waals surface area contributed by atoms with E-state index in [0.717, 1.165) is 19.1 Å². The molecule has 1 heterocycles. The number of nitrogens with two attached hydrogens (primary N) is 1. The Hall–Kier alpha value is -0.0800. The molecule has 2 N–H and O–H groups in total. The molecule has 2 aliphatic carbocycles. The van der Waals surface area contributed by atoms with Crippen molar-refractivity contribution in [3.8, 4) is 0 Å². The van der Waals surface area contributed by atoms with Gasteiger partial charge in [0.15, 0.2) is 0 Å². The Balaban J connectivity index is 2.14. The molecule has 2 heteroatoms. The summed E-state index contributed by atoms with van der Waals surface area (Å²) in [7, 11) is 0. The van der Waals surface area contributed by atoms with Crippen molar-refractivity contribution in [3.05, 3.63) is 0 Å². The molecule has 0 aromatic rings. The van der Waals surface area contributed by atoms with E-state index in [1.807, 2.05) is 0 Å². The zero-order valence-corrected chi connectivity index (χ0v) is 8.60. The van der Waals surface area contributed by atoms with Crippen LogP contribution in [0.1, 0.15) is 33.1 Å². The molecule has 0 aromatic carbocycles. The Morgan fingerprint density at radius 1 is 1.46 bits per heavy atom. The van der Waals surface area contributed by atoms with Crippen LogP contribution in [0.3, 0.4) is 0 Å². The van der Waals surface area contributed by atoms with Crippen molar-refractivity contribution in [1.82, 2.24) is 0 Å². The summed E-state index contributed by atoms with van der Waals surface area (Å²) in [6.07, 6.45) is 3.94. The van der Waals surface area contributed by atoms with Crippen molar-refractivity contribution in [2.45, 2.75) is 38.7 Å². The first kappa shape index (κ1) is 8.25. The van der Waals surface area contributed by atoms with Crippen LogP contribution in [0.2, 0.25) is 0 Å². The van der Waals surface area contributed by atoms with Crippen LogP contribution in [0.15, 0.2) is 0 Å². The van der Waals surface area contributed by atoms with E-state index in [1.54, 1.807) is 0 Å². The maximum Gasteiger partial charge on any atom is 0.0866 e. The van der Waals surface area contributed by atoms with Gasteiger partial charge >= 0.3 is 0 Å². The Bertz CT molecular complexity index is 267. The van der Waals surface area contributed by atoms with E-state index in [1.165, 1.54) is 19.3 Å². The minimum atomic E-state index is 0.0463. The second-order valence-electron chi connectivity index (χ2n) is 5.68. The van der Waals surface area contributed by atoms with Crippen molar-refractivity contribution in [2.24, 2.45) is 22.5 Å². The van der Waals surface area contributed by atoms with Crippen LogP contribution in [-0.2, 0) is 4.74 Å². The third-order valence-corrected chi connectivity index (χ3v) is 5.71. The predicted octanol–water partition coefficient (Wildman–Crippen LogP) is 1.54. The summed E-state index contributed by atoms with van der Waals surface area (Å²) in [6, 6.07) is 0. The van der Waals surface area contributed by atoms with Crippen LogP contribution in [-0.4, -0.2) is 18.8 Å². The zero-order valence-electron chi connectivity index (χ0n) is 8.60. The average molecular weight is 181 g/mol. The summed E-state index contributed by atoms with van der Waals surface area (Å²) >= 11 is 0. The summed E-state index contributed by atoms with van der Waals surface area (Å²) in [4.78, 5) is 0. The first-order valence-electron chi connectivity index (χ1n) is 5.42. The summed E-state index contributed by atoms with van der Waals surface area (Å²) in [6.45, 7) is 6.48. The molecule has 3 fully saturated rings. The second-order valence-corrected chi connectivity index (χ2v) is 5.68. The first-order valence-corrected chi connectivity index (χ1v) is 5.42. The topological polar surface area (TPSA) is 35.2 Å². The third-order valence-electron chi connectivity index (χ3n) is 5.71. The van der Waals surface area contributed by atoms with Gasteiger partial charge in [-0.3, -0.25) is 0 Å². The number of hydrogen-bond donors (Lipinski definition) is 1. The number of rotatable bonds is 1. The lowest BCUT2D eigenvalue weighted by Gasteiger charge is -2.40. The van der Waals surface area contributed by atoms with E-state index in [-0.39, 0.29) is 5.60 Å². The molecule has 4 atom stereocenters. The molecular formula is C11H19NO. The van der Waals surface area contributed by atoms with E-state index < -0.39 is 0 Å². The third kappa shape index (κ3) is 0.581. The Kier molecular flexibility index (Phi) is 1.24. The lowest BCUT2D eigenvalue weighted by Crippen LogP contribution is -2.49. The first-order chi connectivity index (χ1) is 6.08. The van der Waals surface area contributed by atoms with Gasteiger partial charge in [-0.15, -0.1) is 0 Å². The number of ether oxygens (including phenoxy) is 1.